The van der Waals surface area contributed by atoms with Gasteiger partial charge in [0.25, 0.3) is 5.91 Å². The van der Waals surface area contributed by atoms with E-state index in [4.69, 9.17) is 0 Å². The zero-order valence-corrected chi connectivity index (χ0v) is 11.5. The molecular formula is C17H19NO. The molecule has 0 atom stereocenters. The number of benzene rings is 1. The average Bonchev–Trinajstić information content (AvgIpc) is 2.74. The van der Waals surface area contributed by atoms with Crippen LogP contribution in [0, 0.1) is 11.8 Å². The summed E-state index contributed by atoms with van der Waals surface area (Å²) in [5.74, 6) is 6.35. The highest BCUT2D eigenvalue weighted by Gasteiger charge is 2.26. The lowest BCUT2D eigenvalue weighted by Crippen LogP contribution is -2.05. The molecule has 0 saturated heterocycles. The van der Waals surface area contributed by atoms with Gasteiger partial charge in [-0.1, -0.05) is 50.3 Å². The van der Waals surface area contributed by atoms with E-state index < -0.39 is 0 Å². The summed E-state index contributed by atoms with van der Waals surface area (Å²) < 4.78 is 0. The largest absolute Gasteiger partial charge is 0.321 e. The van der Waals surface area contributed by atoms with E-state index in [0.29, 0.717) is 0 Å². The van der Waals surface area contributed by atoms with Gasteiger partial charge in [-0.3, -0.25) is 4.79 Å². The fourth-order valence-electron chi connectivity index (χ4n) is 2.21. The molecule has 98 valence electrons. The van der Waals surface area contributed by atoms with E-state index >= 15 is 0 Å². The van der Waals surface area contributed by atoms with Crippen molar-refractivity contribution in [3.05, 3.63) is 35.4 Å². The number of amides is 1. The predicted molar refractivity (Wildman–Crippen MR) is 79.6 cm³/mol. The van der Waals surface area contributed by atoms with E-state index in [2.05, 4.69) is 31.0 Å². The van der Waals surface area contributed by atoms with Crippen molar-refractivity contribution in [2.45, 2.75) is 39.5 Å². The summed E-state index contributed by atoms with van der Waals surface area (Å²) in [4.78, 5) is 12.1. The van der Waals surface area contributed by atoms with Crippen LogP contribution >= 0.6 is 0 Å². The first kappa shape index (κ1) is 13.4. The molecular weight excluding hydrogens is 234 g/mol. The Labute approximate surface area is 114 Å². The molecule has 0 fully saturated rings. The van der Waals surface area contributed by atoms with Crippen LogP contribution in [0.2, 0.25) is 0 Å². The highest BCUT2D eigenvalue weighted by atomic mass is 16.2. The molecule has 0 saturated carbocycles. The molecule has 0 aliphatic carbocycles. The first-order chi connectivity index (χ1) is 9.27. The molecule has 1 aromatic rings. The fraction of sp³-hybridized carbons (Fsp3) is 0.353. The Bertz CT molecular complexity index is 572. The first-order valence-corrected chi connectivity index (χ1v) is 6.90. The van der Waals surface area contributed by atoms with Crippen molar-refractivity contribution in [1.82, 2.24) is 0 Å². The molecule has 1 amide bonds. The van der Waals surface area contributed by atoms with Crippen molar-refractivity contribution < 1.29 is 4.79 Å². The number of hydrogen-bond donors (Lipinski definition) is 1. The lowest BCUT2D eigenvalue weighted by Gasteiger charge is -2.03. The Hall–Kier alpha value is -2.01. The minimum Gasteiger partial charge on any atom is -0.321 e. The zero-order chi connectivity index (χ0) is 13.7. The smallest absolute Gasteiger partial charge is 0.257 e. The van der Waals surface area contributed by atoms with Gasteiger partial charge in [0.15, 0.2) is 0 Å². The Morgan fingerprint density at radius 2 is 2.00 bits per heavy atom. The molecule has 1 N–H and O–H groups in total. The molecule has 0 bridgehead atoms. The Morgan fingerprint density at radius 1 is 1.21 bits per heavy atom. The number of allylic oxidation sites excluding steroid dienone is 1. The van der Waals surface area contributed by atoms with Crippen molar-refractivity contribution in [1.29, 1.82) is 0 Å². The van der Waals surface area contributed by atoms with E-state index in [1.807, 2.05) is 24.3 Å². The summed E-state index contributed by atoms with van der Waals surface area (Å²) in [5, 5.41) is 2.91. The van der Waals surface area contributed by atoms with E-state index in [0.717, 1.165) is 48.1 Å². The van der Waals surface area contributed by atoms with E-state index in [1.54, 1.807) is 0 Å². The Kier molecular flexibility index (Phi) is 4.41. The highest BCUT2D eigenvalue weighted by Crippen LogP contribution is 2.34. The van der Waals surface area contributed by atoms with Gasteiger partial charge in [0.1, 0.15) is 0 Å². The van der Waals surface area contributed by atoms with Gasteiger partial charge < -0.3 is 5.32 Å². The number of fused-ring (bicyclic) bond motifs is 1. The maximum Gasteiger partial charge on any atom is 0.257 e. The lowest BCUT2D eigenvalue weighted by atomic mass is 9.98. The molecule has 1 heterocycles. The molecule has 2 heteroatoms. The fourth-order valence-corrected chi connectivity index (χ4v) is 2.21. The molecule has 2 nitrogen and oxygen atoms in total. The number of rotatable bonds is 3. The summed E-state index contributed by atoms with van der Waals surface area (Å²) in [7, 11) is 0. The standard InChI is InChI=1S/C17H19NO/c1-3-5-6-10-13(9-4-2)16-14-11-7-8-12-15(14)18-17(16)19/h7-8,11-12H,3-5,9H2,1-2H3,(H,18,19)/b16-13+. The summed E-state index contributed by atoms with van der Waals surface area (Å²) in [5.41, 5.74) is 3.62. The molecule has 1 aliphatic rings. The maximum absolute atomic E-state index is 12.1. The molecule has 1 aliphatic heterocycles. The quantitative estimate of drug-likeness (QED) is 0.640. The number of unbranched alkanes of at least 4 members (excludes halogenated alkanes) is 1. The van der Waals surface area contributed by atoms with E-state index in [1.165, 1.54) is 0 Å². The molecule has 0 radical (unpaired) electrons. The van der Waals surface area contributed by atoms with Crippen LogP contribution in [0.15, 0.2) is 29.8 Å². The number of anilines is 1. The van der Waals surface area contributed by atoms with Crippen LogP contribution in [0.3, 0.4) is 0 Å². The van der Waals surface area contributed by atoms with Gasteiger partial charge >= 0.3 is 0 Å². The molecule has 0 spiro atoms. The van der Waals surface area contributed by atoms with Crippen LogP contribution in [0.25, 0.3) is 5.57 Å². The van der Waals surface area contributed by atoms with E-state index in [-0.39, 0.29) is 5.91 Å². The van der Waals surface area contributed by atoms with Gasteiger partial charge in [0.05, 0.1) is 5.57 Å². The van der Waals surface area contributed by atoms with Gasteiger partial charge in [-0.15, -0.1) is 0 Å². The molecule has 2 rings (SSSR count). The van der Waals surface area contributed by atoms with Gasteiger partial charge in [0, 0.05) is 23.2 Å². The number of carbonyl (C=O) groups is 1. The third-order valence-electron chi connectivity index (χ3n) is 3.09. The molecule has 19 heavy (non-hydrogen) atoms. The molecule has 1 aromatic carbocycles. The van der Waals surface area contributed by atoms with Crippen molar-refractivity contribution in [2.24, 2.45) is 0 Å². The SMILES string of the molecule is CCCC#C/C(CCC)=C1/C(=O)Nc2ccccc21. The topological polar surface area (TPSA) is 29.1 Å². The van der Waals surface area contributed by atoms with Crippen LogP contribution in [-0.4, -0.2) is 5.91 Å². The summed E-state index contributed by atoms with van der Waals surface area (Å²) in [6, 6.07) is 7.81. The van der Waals surface area contributed by atoms with Crippen LogP contribution < -0.4 is 5.32 Å². The lowest BCUT2D eigenvalue weighted by molar-refractivity contribution is -0.110. The van der Waals surface area contributed by atoms with Gasteiger partial charge in [0.2, 0.25) is 0 Å². The predicted octanol–water partition coefficient (Wildman–Crippen LogP) is 4.00. The minimum atomic E-state index is -0.0181. The Balaban J connectivity index is 2.47. The van der Waals surface area contributed by atoms with Gasteiger partial charge in [-0.25, -0.2) is 0 Å². The summed E-state index contributed by atoms with van der Waals surface area (Å²) >= 11 is 0. The number of carbonyl (C=O) groups excluding carboxylic acids is 1. The van der Waals surface area contributed by atoms with Crippen LogP contribution in [0.5, 0.6) is 0 Å². The number of nitrogens with one attached hydrogen (secondary N) is 1. The van der Waals surface area contributed by atoms with Crippen molar-refractivity contribution in [3.8, 4) is 11.8 Å². The Morgan fingerprint density at radius 3 is 2.74 bits per heavy atom. The summed E-state index contributed by atoms with van der Waals surface area (Å²) in [6.45, 7) is 4.22. The third-order valence-corrected chi connectivity index (χ3v) is 3.09. The van der Waals surface area contributed by atoms with Crippen LogP contribution in [0.4, 0.5) is 5.69 Å². The highest BCUT2D eigenvalue weighted by molar-refractivity contribution is 6.32. The van der Waals surface area contributed by atoms with Crippen molar-refractivity contribution >= 4 is 17.2 Å². The normalized spacial score (nSPS) is 15.4. The van der Waals surface area contributed by atoms with Gasteiger partial charge in [-0.05, 0) is 18.9 Å². The van der Waals surface area contributed by atoms with E-state index in [9.17, 15) is 4.79 Å². The van der Waals surface area contributed by atoms with Gasteiger partial charge in [-0.2, -0.15) is 0 Å². The second-order valence-electron chi connectivity index (χ2n) is 4.66. The second-order valence-corrected chi connectivity index (χ2v) is 4.66. The molecule has 0 unspecified atom stereocenters. The second kappa shape index (κ2) is 6.24. The van der Waals surface area contributed by atoms with Crippen molar-refractivity contribution in [2.75, 3.05) is 5.32 Å². The van der Waals surface area contributed by atoms with Crippen molar-refractivity contribution in [3.63, 3.8) is 0 Å². The van der Waals surface area contributed by atoms with Crippen LogP contribution in [-0.2, 0) is 4.79 Å². The minimum absolute atomic E-state index is 0.0181. The van der Waals surface area contributed by atoms with Crippen LogP contribution in [0.1, 0.15) is 45.1 Å². The maximum atomic E-state index is 12.1. The average molecular weight is 253 g/mol. The molecule has 0 aromatic heterocycles. The third kappa shape index (κ3) is 2.88. The summed E-state index contributed by atoms with van der Waals surface area (Å²) in [6.07, 6.45) is 3.77. The number of hydrogen-bond acceptors (Lipinski definition) is 1. The zero-order valence-electron chi connectivity index (χ0n) is 11.5. The first-order valence-electron chi connectivity index (χ1n) is 6.90. The number of para-hydroxylation sites is 1. The monoisotopic (exact) mass is 253 g/mol.